The second kappa shape index (κ2) is 12.8. The highest BCUT2D eigenvalue weighted by Gasteiger charge is 2.27. The molecule has 1 aromatic rings. The number of halogens is 1. The van der Waals surface area contributed by atoms with E-state index in [0.717, 1.165) is 43.1 Å². The first-order chi connectivity index (χ1) is 14.5. The third-order valence-electron chi connectivity index (χ3n) is 5.33. The van der Waals surface area contributed by atoms with Crippen LogP contribution < -0.4 is 15.4 Å². The molecular formula is C21H35IN4O4S. The topological polar surface area (TPSA) is 92.3 Å². The Morgan fingerprint density at radius 1 is 1.35 bits per heavy atom. The Kier molecular flexibility index (Phi) is 10.8. The monoisotopic (exact) mass is 566 g/mol. The first kappa shape index (κ1) is 26.1. The highest BCUT2D eigenvalue weighted by molar-refractivity contribution is 14.0. The maximum absolute atomic E-state index is 11.9. The van der Waals surface area contributed by atoms with E-state index in [1.165, 1.54) is 0 Å². The van der Waals surface area contributed by atoms with Crippen LogP contribution in [-0.4, -0.2) is 70.4 Å². The van der Waals surface area contributed by atoms with Gasteiger partial charge in [0, 0.05) is 44.3 Å². The van der Waals surface area contributed by atoms with Crippen LogP contribution >= 0.6 is 24.0 Å². The molecule has 1 unspecified atom stereocenters. The third-order valence-corrected chi connectivity index (χ3v) is 7.29. The molecule has 0 amide bonds. The van der Waals surface area contributed by atoms with Gasteiger partial charge in [-0.2, -0.15) is 0 Å². The number of aliphatic imine (C=N–C) groups is 1. The van der Waals surface area contributed by atoms with E-state index < -0.39 is 10.0 Å². The minimum Gasteiger partial charge on any atom is -0.493 e. The molecule has 2 aliphatic heterocycles. The fourth-order valence-corrected chi connectivity index (χ4v) is 5.13. The predicted octanol–water partition coefficient (Wildman–Crippen LogP) is 2.12. The first-order valence-corrected chi connectivity index (χ1v) is 12.4. The van der Waals surface area contributed by atoms with Crippen molar-refractivity contribution in [2.24, 2.45) is 10.9 Å². The van der Waals surface area contributed by atoms with Crippen LogP contribution in [0.4, 0.5) is 0 Å². The molecule has 0 aromatic heterocycles. The van der Waals surface area contributed by atoms with Gasteiger partial charge in [0.25, 0.3) is 0 Å². The number of aryl methyl sites for hydroxylation is 1. The Bertz CT molecular complexity index is 829. The zero-order chi connectivity index (χ0) is 21.4. The molecule has 3 rings (SSSR count). The lowest BCUT2D eigenvalue weighted by molar-refractivity contribution is 0.166. The van der Waals surface area contributed by atoms with Crippen molar-refractivity contribution in [2.75, 3.05) is 51.8 Å². The van der Waals surface area contributed by atoms with Crippen LogP contribution in [0.15, 0.2) is 23.2 Å². The van der Waals surface area contributed by atoms with Gasteiger partial charge >= 0.3 is 0 Å². The lowest BCUT2D eigenvalue weighted by atomic mass is 10.1. The van der Waals surface area contributed by atoms with Crippen molar-refractivity contribution >= 4 is 40.0 Å². The van der Waals surface area contributed by atoms with Gasteiger partial charge < -0.3 is 20.1 Å². The second-order valence-corrected chi connectivity index (χ2v) is 9.93. The average molecular weight is 567 g/mol. The van der Waals surface area contributed by atoms with Gasteiger partial charge in [0.1, 0.15) is 5.75 Å². The molecule has 1 atom stereocenters. The van der Waals surface area contributed by atoms with Crippen LogP contribution in [-0.2, 0) is 21.3 Å². The Balaban J connectivity index is 0.00000341. The number of rotatable bonds is 9. The zero-order valence-corrected chi connectivity index (χ0v) is 21.6. The summed E-state index contributed by atoms with van der Waals surface area (Å²) in [6.07, 6.45) is 1.75. The highest BCUT2D eigenvalue weighted by Crippen LogP contribution is 2.23. The molecule has 0 radical (unpaired) electrons. The molecule has 10 heteroatoms. The van der Waals surface area contributed by atoms with Crippen LogP contribution in [0.5, 0.6) is 5.75 Å². The molecule has 2 aliphatic rings. The van der Waals surface area contributed by atoms with E-state index in [0.29, 0.717) is 51.1 Å². The van der Waals surface area contributed by atoms with E-state index in [1.807, 2.05) is 6.92 Å². The summed E-state index contributed by atoms with van der Waals surface area (Å²) in [5.74, 6) is 2.24. The molecule has 0 bridgehead atoms. The van der Waals surface area contributed by atoms with Crippen LogP contribution in [0.3, 0.4) is 0 Å². The largest absolute Gasteiger partial charge is 0.493 e. The Hall–Kier alpha value is -1.11. The number of nitrogens with zero attached hydrogens (tertiary/aromatic N) is 2. The zero-order valence-electron chi connectivity index (χ0n) is 18.4. The summed E-state index contributed by atoms with van der Waals surface area (Å²) < 4.78 is 36.9. The molecule has 0 saturated carbocycles. The molecular weight excluding hydrogens is 531 g/mol. The van der Waals surface area contributed by atoms with Gasteiger partial charge in [0.05, 0.1) is 25.5 Å². The van der Waals surface area contributed by atoms with Crippen molar-refractivity contribution in [1.29, 1.82) is 0 Å². The summed E-state index contributed by atoms with van der Waals surface area (Å²) in [6, 6.07) is 6.17. The summed E-state index contributed by atoms with van der Waals surface area (Å²) in [5.41, 5.74) is 2.18. The van der Waals surface area contributed by atoms with Gasteiger partial charge in [-0.05, 0) is 38.3 Å². The van der Waals surface area contributed by atoms with Crippen molar-refractivity contribution in [3.05, 3.63) is 29.3 Å². The predicted molar refractivity (Wildman–Crippen MR) is 134 cm³/mol. The van der Waals surface area contributed by atoms with Crippen LogP contribution in [0, 0.1) is 12.8 Å². The number of guanidine groups is 1. The van der Waals surface area contributed by atoms with E-state index >= 15 is 0 Å². The molecule has 31 heavy (non-hydrogen) atoms. The number of ether oxygens (including phenoxy) is 2. The van der Waals surface area contributed by atoms with Crippen molar-refractivity contribution < 1.29 is 17.9 Å². The number of benzene rings is 1. The van der Waals surface area contributed by atoms with Gasteiger partial charge in [0.15, 0.2) is 5.96 Å². The van der Waals surface area contributed by atoms with Crippen molar-refractivity contribution in [3.63, 3.8) is 0 Å². The number of sulfonamides is 1. The lowest BCUT2D eigenvalue weighted by Crippen LogP contribution is -2.42. The van der Waals surface area contributed by atoms with Gasteiger partial charge in [-0.1, -0.05) is 12.1 Å². The summed E-state index contributed by atoms with van der Waals surface area (Å²) >= 11 is 0. The van der Waals surface area contributed by atoms with E-state index in [1.54, 1.807) is 4.31 Å². The molecule has 1 aromatic carbocycles. The molecule has 0 aliphatic carbocycles. The SMILES string of the molecule is CCNC(=NCc1ccc(C)cc1OCC1CCOC1)NCCN1CCCS1(=O)=O.I. The van der Waals surface area contributed by atoms with E-state index in [-0.39, 0.29) is 29.7 Å². The summed E-state index contributed by atoms with van der Waals surface area (Å²) in [6.45, 7) is 9.08. The van der Waals surface area contributed by atoms with Crippen molar-refractivity contribution in [1.82, 2.24) is 14.9 Å². The first-order valence-electron chi connectivity index (χ1n) is 10.8. The van der Waals surface area contributed by atoms with Gasteiger partial charge in [-0.25, -0.2) is 17.7 Å². The fourth-order valence-electron chi connectivity index (χ4n) is 3.60. The minimum absolute atomic E-state index is 0. The molecule has 0 spiro atoms. The number of hydrogen-bond acceptors (Lipinski definition) is 5. The van der Waals surface area contributed by atoms with Crippen molar-refractivity contribution in [3.8, 4) is 5.75 Å². The fraction of sp³-hybridized carbons (Fsp3) is 0.667. The number of hydrogen-bond donors (Lipinski definition) is 2. The molecule has 176 valence electrons. The molecule has 2 saturated heterocycles. The van der Waals surface area contributed by atoms with Gasteiger partial charge in [-0.15, -0.1) is 24.0 Å². The Morgan fingerprint density at radius 3 is 2.87 bits per heavy atom. The van der Waals surface area contributed by atoms with Crippen LogP contribution in [0.1, 0.15) is 30.9 Å². The molecule has 2 fully saturated rings. The number of nitrogens with one attached hydrogen (secondary N) is 2. The van der Waals surface area contributed by atoms with Gasteiger partial charge in [-0.3, -0.25) is 0 Å². The third kappa shape index (κ3) is 8.07. The average Bonchev–Trinajstić information content (AvgIpc) is 3.35. The van der Waals surface area contributed by atoms with Gasteiger partial charge in [0.2, 0.25) is 10.0 Å². The van der Waals surface area contributed by atoms with Crippen molar-refractivity contribution in [2.45, 2.75) is 33.2 Å². The van der Waals surface area contributed by atoms with E-state index in [4.69, 9.17) is 9.47 Å². The summed E-state index contributed by atoms with van der Waals surface area (Å²) in [7, 11) is -3.07. The molecule has 2 N–H and O–H groups in total. The van der Waals surface area contributed by atoms with E-state index in [9.17, 15) is 8.42 Å². The van der Waals surface area contributed by atoms with Crippen LogP contribution in [0.25, 0.3) is 0 Å². The standard InChI is InChI=1S/C21H34N4O4S.HI/c1-3-22-21(23-8-10-25-9-4-12-30(25,26)27)24-14-19-6-5-17(2)13-20(19)29-16-18-7-11-28-15-18;/h5-6,13,18H,3-4,7-12,14-16H2,1-2H3,(H2,22,23,24);1H. The second-order valence-electron chi connectivity index (χ2n) is 7.84. The smallest absolute Gasteiger partial charge is 0.214 e. The molecule has 2 heterocycles. The Labute approximate surface area is 203 Å². The Morgan fingerprint density at radius 2 is 2.19 bits per heavy atom. The summed E-state index contributed by atoms with van der Waals surface area (Å²) in [5, 5.41) is 6.46. The highest BCUT2D eigenvalue weighted by atomic mass is 127. The minimum atomic E-state index is -3.07. The molecule has 8 nitrogen and oxygen atoms in total. The van der Waals surface area contributed by atoms with Crippen LogP contribution in [0.2, 0.25) is 0 Å². The maximum Gasteiger partial charge on any atom is 0.214 e. The lowest BCUT2D eigenvalue weighted by Gasteiger charge is -2.17. The van der Waals surface area contributed by atoms with E-state index in [2.05, 4.69) is 40.7 Å². The quantitative estimate of drug-likeness (QED) is 0.271. The summed E-state index contributed by atoms with van der Waals surface area (Å²) in [4.78, 5) is 4.68. The maximum atomic E-state index is 11.9. The normalized spacial score (nSPS) is 21.0.